The number of hydrogen-bond acceptors (Lipinski definition) is 5. The highest BCUT2D eigenvalue weighted by Gasteiger charge is 2.38. The molecule has 0 bridgehead atoms. The predicted octanol–water partition coefficient (Wildman–Crippen LogP) is 4.59. The van der Waals surface area contributed by atoms with E-state index in [1.807, 2.05) is 69.0 Å². The minimum Gasteiger partial charge on any atom is -0.478 e. The predicted molar refractivity (Wildman–Crippen MR) is 147 cm³/mol. The summed E-state index contributed by atoms with van der Waals surface area (Å²) in [5.41, 5.74) is 2.41. The van der Waals surface area contributed by atoms with Crippen LogP contribution in [0, 0.1) is 5.92 Å². The van der Waals surface area contributed by atoms with Crippen LogP contribution in [-0.2, 0) is 14.9 Å². The second kappa shape index (κ2) is 11.5. The van der Waals surface area contributed by atoms with E-state index in [0.717, 1.165) is 36.3 Å². The Morgan fingerprint density at radius 3 is 2.24 bits per heavy atom. The highest BCUT2D eigenvalue weighted by atomic mass is 16.6. The first-order valence-corrected chi connectivity index (χ1v) is 13.5. The van der Waals surface area contributed by atoms with Gasteiger partial charge in [0.05, 0.1) is 17.6 Å². The van der Waals surface area contributed by atoms with Gasteiger partial charge in [0.1, 0.15) is 0 Å². The first kappa shape index (κ1) is 27.5. The standard InChI is InChI=1S/C30H39N3O5/c1-21(2)20-38-29(37)32-17-15-31(16-18-32)24-11-9-23(10-12-24)30(3,4)28(36)33-14-13-22(19-33)25-7-5-6-8-26(25)27(34)35/h5-12,21-22H,13-20H2,1-4H3,(H,34,35). The van der Waals surface area contributed by atoms with Gasteiger partial charge in [-0.3, -0.25) is 4.79 Å². The van der Waals surface area contributed by atoms with Gasteiger partial charge in [-0.1, -0.05) is 44.2 Å². The average Bonchev–Trinajstić information content (AvgIpc) is 3.41. The highest BCUT2D eigenvalue weighted by molar-refractivity contribution is 5.90. The minimum absolute atomic E-state index is 0.0192. The van der Waals surface area contributed by atoms with E-state index in [4.69, 9.17) is 4.74 Å². The van der Waals surface area contributed by atoms with Gasteiger partial charge in [0.25, 0.3) is 0 Å². The summed E-state index contributed by atoms with van der Waals surface area (Å²) in [5.74, 6) is -0.548. The molecule has 2 heterocycles. The molecule has 0 radical (unpaired) electrons. The summed E-state index contributed by atoms with van der Waals surface area (Å²) >= 11 is 0. The number of anilines is 1. The molecule has 1 atom stereocenters. The van der Waals surface area contributed by atoms with Crippen LogP contribution in [-0.4, -0.2) is 78.8 Å². The number of nitrogens with zero attached hydrogens (tertiary/aromatic N) is 3. The summed E-state index contributed by atoms with van der Waals surface area (Å²) in [6.07, 6.45) is 0.506. The van der Waals surface area contributed by atoms with Crippen LogP contribution in [0.15, 0.2) is 48.5 Å². The molecule has 2 aliphatic rings. The lowest BCUT2D eigenvalue weighted by atomic mass is 9.83. The van der Waals surface area contributed by atoms with Crippen molar-refractivity contribution in [1.82, 2.24) is 9.80 Å². The molecule has 2 fully saturated rings. The number of likely N-dealkylation sites (tertiary alicyclic amines) is 1. The second-order valence-electron chi connectivity index (χ2n) is 11.2. The Balaban J connectivity index is 1.36. The van der Waals surface area contributed by atoms with Gasteiger partial charge in [0.15, 0.2) is 0 Å². The average molecular weight is 522 g/mol. The van der Waals surface area contributed by atoms with Crippen molar-refractivity contribution in [3.05, 3.63) is 65.2 Å². The number of carbonyl (C=O) groups is 3. The van der Waals surface area contributed by atoms with Crippen LogP contribution in [0.3, 0.4) is 0 Å². The van der Waals surface area contributed by atoms with Crippen LogP contribution < -0.4 is 4.90 Å². The van der Waals surface area contributed by atoms with Crippen LogP contribution in [0.5, 0.6) is 0 Å². The molecule has 2 aromatic rings. The number of hydrogen-bond donors (Lipinski definition) is 1. The van der Waals surface area contributed by atoms with Crippen molar-refractivity contribution in [1.29, 1.82) is 0 Å². The van der Waals surface area contributed by atoms with Gasteiger partial charge in [-0.2, -0.15) is 0 Å². The normalized spacial score (nSPS) is 18.1. The Morgan fingerprint density at radius 2 is 1.61 bits per heavy atom. The largest absolute Gasteiger partial charge is 0.478 e. The monoisotopic (exact) mass is 521 g/mol. The van der Waals surface area contributed by atoms with E-state index < -0.39 is 11.4 Å². The quantitative estimate of drug-likeness (QED) is 0.573. The van der Waals surface area contributed by atoms with Gasteiger partial charge in [-0.15, -0.1) is 0 Å². The third kappa shape index (κ3) is 5.95. The van der Waals surface area contributed by atoms with Gasteiger partial charge in [-0.05, 0) is 55.5 Å². The van der Waals surface area contributed by atoms with Gasteiger partial charge < -0.3 is 24.5 Å². The molecule has 1 unspecified atom stereocenters. The number of benzene rings is 2. The summed E-state index contributed by atoms with van der Waals surface area (Å²) in [5, 5.41) is 9.57. The number of aromatic carboxylic acids is 1. The molecule has 0 saturated carbocycles. The van der Waals surface area contributed by atoms with Crippen LogP contribution in [0.1, 0.15) is 61.5 Å². The third-order valence-electron chi connectivity index (χ3n) is 7.67. The number of ether oxygens (including phenoxy) is 1. The van der Waals surface area contributed by atoms with Crippen LogP contribution >= 0.6 is 0 Å². The fraction of sp³-hybridized carbons (Fsp3) is 0.500. The molecule has 0 aliphatic carbocycles. The number of piperazine rings is 1. The molecule has 2 amide bonds. The molecular formula is C30H39N3O5. The van der Waals surface area contributed by atoms with E-state index in [2.05, 4.69) is 4.90 Å². The summed E-state index contributed by atoms with van der Waals surface area (Å²) in [7, 11) is 0. The van der Waals surface area contributed by atoms with E-state index in [9.17, 15) is 19.5 Å². The van der Waals surface area contributed by atoms with Crippen molar-refractivity contribution >= 4 is 23.7 Å². The number of carboxylic acid groups (broad SMARTS) is 1. The Labute approximate surface area is 225 Å². The number of amides is 2. The van der Waals surface area contributed by atoms with Crippen molar-refractivity contribution < 1.29 is 24.2 Å². The molecule has 0 spiro atoms. The maximum atomic E-state index is 13.6. The molecule has 204 valence electrons. The van der Waals surface area contributed by atoms with Crippen molar-refractivity contribution in [3.63, 3.8) is 0 Å². The summed E-state index contributed by atoms with van der Waals surface area (Å²) in [6.45, 7) is 12.2. The Hall–Kier alpha value is -3.55. The van der Waals surface area contributed by atoms with E-state index in [1.54, 1.807) is 17.0 Å². The molecule has 0 aromatic heterocycles. The second-order valence-corrected chi connectivity index (χ2v) is 11.2. The molecule has 2 aromatic carbocycles. The zero-order chi connectivity index (χ0) is 27.4. The van der Waals surface area contributed by atoms with E-state index in [1.165, 1.54) is 0 Å². The van der Waals surface area contributed by atoms with Crippen LogP contribution in [0.25, 0.3) is 0 Å². The van der Waals surface area contributed by atoms with Gasteiger partial charge in [0.2, 0.25) is 5.91 Å². The lowest BCUT2D eigenvalue weighted by Gasteiger charge is -2.36. The zero-order valence-corrected chi connectivity index (χ0v) is 22.9. The lowest BCUT2D eigenvalue weighted by molar-refractivity contribution is -0.135. The van der Waals surface area contributed by atoms with Crippen molar-refractivity contribution in [3.8, 4) is 0 Å². The maximum absolute atomic E-state index is 13.6. The first-order valence-electron chi connectivity index (χ1n) is 13.5. The van der Waals surface area contributed by atoms with E-state index in [0.29, 0.717) is 44.3 Å². The van der Waals surface area contributed by atoms with Crippen molar-refractivity contribution in [2.45, 2.75) is 45.4 Å². The van der Waals surface area contributed by atoms with Gasteiger partial charge in [0, 0.05) is 50.9 Å². The fourth-order valence-electron chi connectivity index (χ4n) is 5.33. The lowest BCUT2D eigenvalue weighted by Crippen LogP contribution is -2.49. The van der Waals surface area contributed by atoms with Gasteiger partial charge >= 0.3 is 12.1 Å². The smallest absolute Gasteiger partial charge is 0.409 e. The molecule has 4 rings (SSSR count). The van der Waals surface area contributed by atoms with Crippen LogP contribution in [0.4, 0.5) is 10.5 Å². The molecular weight excluding hydrogens is 482 g/mol. The van der Waals surface area contributed by atoms with Crippen LogP contribution in [0.2, 0.25) is 0 Å². The third-order valence-corrected chi connectivity index (χ3v) is 7.67. The minimum atomic E-state index is -0.932. The summed E-state index contributed by atoms with van der Waals surface area (Å²) in [4.78, 5) is 43.4. The van der Waals surface area contributed by atoms with Crippen molar-refractivity contribution in [2.24, 2.45) is 5.92 Å². The molecule has 1 N–H and O–H groups in total. The maximum Gasteiger partial charge on any atom is 0.409 e. The Morgan fingerprint density at radius 1 is 0.947 bits per heavy atom. The van der Waals surface area contributed by atoms with Gasteiger partial charge in [-0.25, -0.2) is 9.59 Å². The number of carboxylic acids is 1. The molecule has 2 saturated heterocycles. The fourth-order valence-corrected chi connectivity index (χ4v) is 5.33. The van der Waals surface area contributed by atoms with E-state index >= 15 is 0 Å². The topological polar surface area (TPSA) is 90.4 Å². The molecule has 38 heavy (non-hydrogen) atoms. The summed E-state index contributed by atoms with van der Waals surface area (Å²) in [6, 6.07) is 15.2. The Kier molecular flexibility index (Phi) is 8.29. The SMILES string of the molecule is CC(C)COC(=O)N1CCN(c2ccc(C(C)(C)C(=O)N3CCC(c4ccccc4C(=O)O)C3)cc2)CC1. The number of rotatable bonds is 7. The summed E-state index contributed by atoms with van der Waals surface area (Å²) < 4.78 is 5.36. The number of carbonyl (C=O) groups excluding carboxylic acids is 2. The van der Waals surface area contributed by atoms with E-state index in [-0.39, 0.29) is 17.9 Å². The van der Waals surface area contributed by atoms with Crippen molar-refractivity contribution in [2.75, 3.05) is 50.8 Å². The Bertz CT molecular complexity index is 1150. The molecule has 8 nitrogen and oxygen atoms in total. The molecule has 2 aliphatic heterocycles. The first-order chi connectivity index (χ1) is 18.1. The zero-order valence-electron chi connectivity index (χ0n) is 22.9. The highest BCUT2D eigenvalue weighted by Crippen LogP contribution is 2.34. The molecule has 8 heteroatoms.